The van der Waals surface area contributed by atoms with Crippen LogP contribution in [0.15, 0.2) is 55.4 Å². The number of benzene rings is 1. The summed E-state index contributed by atoms with van der Waals surface area (Å²) >= 11 is 0. The van der Waals surface area contributed by atoms with Crippen molar-refractivity contribution < 1.29 is 34.2 Å². The van der Waals surface area contributed by atoms with Gasteiger partial charge in [0.2, 0.25) is 17.7 Å². The molecule has 0 aliphatic rings. The van der Waals surface area contributed by atoms with Gasteiger partial charge in [-0.1, -0.05) is 30.3 Å². The van der Waals surface area contributed by atoms with Crippen molar-refractivity contribution in [2.75, 3.05) is 0 Å². The molecule has 3 amide bonds. The number of carboxylic acid groups (broad SMARTS) is 2. The summed E-state index contributed by atoms with van der Waals surface area (Å²) < 4.78 is 0. The second-order valence-corrected chi connectivity index (χ2v) is 9.31. The maximum Gasteiger partial charge on any atom is 0.326 e. The Morgan fingerprint density at radius 1 is 0.756 bits per heavy atom. The number of aromatic nitrogens is 4. The number of hydrogen-bond donors (Lipinski definition) is 8. The molecule has 0 fully saturated rings. The maximum absolute atomic E-state index is 13.5. The summed E-state index contributed by atoms with van der Waals surface area (Å²) in [5, 5.41) is 26.2. The number of carboxylic acids is 2. The molecular weight excluding hydrogens is 536 g/mol. The van der Waals surface area contributed by atoms with E-state index in [9.17, 15) is 29.1 Å². The van der Waals surface area contributed by atoms with Crippen molar-refractivity contribution in [3.8, 4) is 0 Å². The zero-order chi connectivity index (χ0) is 29.8. The molecule has 4 atom stereocenters. The third kappa shape index (κ3) is 9.89. The number of rotatable bonds is 16. The second kappa shape index (κ2) is 14.9. The van der Waals surface area contributed by atoms with Crippen LogP contribution in [0.1, 0.15) is 29.8 Å². The van der Waals surface area contributed by atoms with Crippen LogP contribution >= 0.6 is 0 Å². The first-order valence-electron chi connectivity index (χ1n) is 12.7. The number of H-pyrrole nitrogens is 2. The van der Waals surface area contributed by atoms with Gasteiger partial charge in [-0.25, -0.2) is 14.8 Å². The van der Waals surface area contributed by atoms with Crippen molar-refractivity contribution in [2.45, 2.75) is 56.3 Å². The summed E-state index contributed by atoms with van der Waals surface area (Å²) in [4.78, 5) is 75.7. The molecule has 0 radical (unpaired) electrons. The van der Waals surface area contributed by atoms with Crippen LogP contribution in [-0.2, 0) is 43.2 Å². The molecule has 2 aromatic heterocycles. The monoisotopic (exact) mass is 568 g/mol. The molecule has 0 spiro atoms. The van der Waals surface area contributed by atoms with Gasteiger partial charge in [-0.05, 0) is 12.0 Å². The van der Waals surface area contributed by atoms with Crippen LogP contribution < -0.4 is 21.7 Å². The minimum absolute atomic E-state index is 0.0255. The van der Waals surface area contributed by atoms with Crippen LogP contribution in [0.2, 0.25) is 0 Å². The molecule has 0 aliphatic carbocycles. The van der Waals surface area contributed by atoms with Crippen molar-refractivity contribution in [3.63, 3.8) is 0 Å². The average Bonchev–Trinajstić information content (AvgIpc) is 3.65. The lowest BCUT2D eigenvalue weighted by Gasteiger charge is -2.25. The Kier molecular flexibility index (Phi) is 11.1. The molecule has 0 aliphatic heterocycles. The fraction of sp³-hybridized carbons (Fsp3) is 0.346. The zero-order valence-electron chi connectivity index (χ0n) is 21.9. The Balaban J connectivity index is 1.79. The Hall–Kier alpha value is -5.05. The molecule has 218 valence electrons. The van der Waals surface area contributed by atoms with Gasteiger partial charge in [0.05, 0.1) is 18.7 Å². The molecule has 3 rings (SSSR count). The van der Waals surface area contributed by atoms with Crippen molar-refractivity contribution in [3.05, 3.63) is 72.3 Å². The predicted molar refractivity (Wildman–Crippen MR) is 143 cm³/mol. The van der Waals surface area contributed by atoms with E-state index in [0.717, 1.165) is 0 Å². The van der Waals surface area contributed by atoms with Gasteiger partial charge in [-0.2, -0.15) is 0 Å². The van der Waals surface area contributed by atoms with Crippen molar-refractivity contribution in [1.82, 2.24) is 35.9 Å². The van der Waals surface area contributed by atoms with E-state index in [0.29, 0.717) is 17.0 Å². The van der Waals surface area contributed by atoms with Gasteiger partial charge in [0.15, 0.2) is 0 Å². The van der Waals surface area contributed by atoms with Gasteiger partial charge >= 0.3 is 11.9 Å². The van der Waals surface area contributed by atoms with E-state index in [1.165, 1.54) is 25.0 Å². The van der Waals surface area contributed by atoms with E-state index < -0.39 is 53.8 Å². The Morgan fingerprint density at radius 3 is 1.78 bits per heavy atom. The lowest BCUT2D eigenvalue weighted by molar-refractivity contribution is -0.142. The normalized spacial score (nSPS) is 13.8. The lowest BCUT2D eigenvalue weighted by atomic mass is 10.0. The second-order valence-electron chi connectivity index (χ2n) is 9.31. The molecule has 15 heteroatoms. The maximum atomic E-state index is 13.5. The van der Waals surface area contributed by atoms with E-state index in [1.807, 2.05) is 0 Å². The quantitative estimate of drug-likeness (QED) is 0.103. The van der Waals surface area contributed by atoms with Crippen LogP contribution in [0.5, 0.6) is 0 Å². The van der Waals surface area contributed by atoms with Crippen LogP contribution in [0.25, 0.3) is 0 Å². The summed E-state index contributed by atoms with van der Waals surface area (Å²) in [5.74, 6) is -4.64. The van der Waals surface area contributed by atoms with Crippen LogP contribution in [0, 0.1) is 0 Å². The number of carbonyl (C=O) groups is 5. The van der Waals surface area contributed by atoms with Gasteiger partial charge in [-0.15, -0.1) is 0 Å². The van der Waals surface area contributed by atoms with Crippen molar-refractivity contribution >= 4 is 29.7 Å². The number of hydrogen-bond acceptors (Lipinski definition) is 8. The Morgan fingerprint density at radius 2 is 1.27 bits per heavy atom. The van der Waals surface area contributed by atoms with Crippen LogP contribution in [-0.4, -0.2) is 84.0 Å². The van der Waals surface area contributed by atoms with Gasteiger partial charge in [0.25, 0.3) is 0 Å². The summed E-state index contributed by atoms with van der Waals surface area (Å²) in [6.07, 6.45) is 5.10. The molecule has 9 N–H and O–H groups in total. The smallest absolute Gasteiger partial charge is 0.326 e. The molecule has 15 nitrogen and oxygen atoms in total. The minimum Gasteiger partial charge on any atom is -0.481 e. The van der Waals surface area contributed by atoms with E-state index >= 15 is 0 Å². The van der Waals surface area contributed by atoms with Gasteiger partial charge < -0.3 is 41.9 Å². The number of imidazole rings is 2. The minimum atomic E-state index is -1.31. The first-order valence-corrected chi connectivity index (χ1v) is 12.7. The fourth-order valence-corrected chi connectivity index (χ4v) is 3.93. The number of amides is 3. The predicted octanol–water partition coefficient (Wildman–Crippen LogP) is -1.11. The van der Waals surface area contributed by atoms with Crippen LogP contribution in [0.3, 0.4) is 0 Å². The highest BCUT2D eigenvalue weighted by molar-refractivity contribution is 5.94. The molecule has 4 unspecified atom stereocenters. The number of nitrogens with one attached hydrogen (secondary N) is 5. The highest BCUT2D eigenvalue weighted by atomic mass is 16.4. The molecular formula is C26H32N8O7. The summed E-state index contributed by atoms with van der Waals surface area (Å²) in [5.41, 5.74) is 7.50. The number of aromatic amines is 2. The summed E-state index contributed by atoms with van der Waals surface area (Å²) in [7, 11) is 0. The SMILES string of the molecule is NC(CCC(=O)O)C(=O)NC(Cc1cnc[nH]1)C(=O)NC(Cc1ccccc1)C(=O)NC(Cc1cnc[nH]1)C(=O)O. The number of carbonyl (C=O) groups excluding carboxylic acids is 3. The van der Waals surface area contributed by atoms with E-state index in [2.05, 4.69) is 35.9 Å². The Labute approximate surface area is 234 Å². The largest absolute Gasteiger partial charge is 0.481 e. The zero-order valence-corrected chi connectivity index (χ0v) is 21.9. The highest BCUT2D eigenvalue weighted by Gasteiger charge is 2.31. The molecule has 0 saturated heterocycles. The standard InChI is InChI=1S/C26H32N8O7/c27-18(6-7-22(35)36)23(37)32-20(9-16-11-28-13-30-16)25(39)33-19(8-15-4-2-1-3-5-15)24(38)34-21(26(40)41)10-17-12-29-14-31-17/h1-5,11-14,18-21H,6-10,27H2,(H,28,30)(H,29,31)(H,32,37)(H,33,39)(H,34,38)(H,35,36)(H,40,41). The summed E-state index contributed by atoms with van der Waals surface area (Å²) in [6.45, 7) is 0. The highest BCUT2D eigenvalue weighted by Crippen LogP contribution is 2.08. The molecule has 3 aromatic rings. The molecule has 0 saturated carbocycles. The number of nitrogens with zero attached hydrogens (tertiary/aromatic N) is 2. The molecule has 0 bridgehead atoms. The third-order valence-electron chi connectivity index (χ3n) is 6.13. The topological polar surface area (TPSA) is 245 Å². The molecule has 1 aromatic carbocycles. The van der Waals surface area contributed by atoms with Gasteiger partial charge in [0.1, 0.15) is 18.1 Å². The van der Waals surface area contributed by atoms with Crippen molar-refractivity contribution in [2.24, 2.45) is 5.73 Å². The molecule has 2 heterocycles. The average molecular weight is 569 g/mol. The molecule has 41 heavy (non-hydrogen) atoms. The van der Waals surface area contributed by atoms with Crippen LogP contribution in [0.4, 0.5) is 0 Å². The van der Waals surface area contributed by atoms with E-state index in [1.54, 1.807) is 30.3 Å². The van der Waals surface area contributed by atoms with Gasteiger partial charge in [0, 0.05) is 49.5 Å². The third-order valence-corrected chi connectivity index (χ3v) is 6.13. The first kappa shape index (κ1) is 30.5. The Bertz CT molecular complexity index is 1300. The van der Waals surface area contributed by atoms with Gasteiger partial charge in [-0.3, -0.25) is 19.2 Å². The summed E-state index contributed by atoms with van der Waals surface area (Å²) in [6, 6.07) is 3.85. The fourth-order valence-electron chi connectivity index (χ4n) is 3.93. The lowest BCUT2D eigenvalue weighted by Crippen LogP contribution is -2.58. The number of aliphatic carboxylic acids is 2. The number of nitrogens with two attached hydrogens (primary N) is 1. The van der Waals surface area contributed by atoms with E-state index in [4.69, 9.17) is 10.8 Å². The first-order chi connectivity index (χ1) is 19.6. The van der Waals surface area contributed by atoms with E-state index in [-0.39, 0.29) is 32.1 Å². The van der Waals surface area contributed by atoms with Crippen molar-refractivity contribution in [1.29, 1.82) is 0 Å².